The molecule has 0 aliphatic carbocycles. The second-order valence-electron chi connectivity index (χ2n) is 7.48. The van der Waals surface area contributed by atoms with Gasteiger partial charge in [-0.15, -0.1) is 0 Å². The van der Waals surface area contributed by atoms with Crippen molar-refractivity contribution in [1.29, 1.82) is 0 Å². The first-order valence-corrected chi connectivity index (χ1v) is 10.6. The molecule has 2 aromatic carbocycles. The molecule has 0 radical (unpaired) electrons. The van der Waals surface area contributed by atoms with Crippen LogP contribution in [0.5, 0.6) is 0 Å². The highest BCUT2D eigenvalue weighted by Gasteiger charge is 2.29. The van der Waals surface area contributed by atoms with Crippen molar-refractivity contribution in [2.75, 3.05) is 6.54 Å². The Hall–Kier alpha value is -2.04. The minimum atomic E-state index is -0.565. The van der Waals surface area contributed by atoms with Crippen LogP contribution in [0.3, 0.4) is 0 Å². The van der Waals surface area contributed by atoms with Crippen LogP contribution in [-0.2, 0) is 22.6 Å². The zero-order valence-electron chi connectivity index (χ0n) is 17.1. The minimum Gasteiger partial charge on any atom is -0.354 e. The van der Waals surface area contributed by atoms with Gasteiger partial charge in [0.1, 0.15) is 6.04 Å². The van der Waals surface area contributed by atoms with Crippen LogP contribution in [0.1, 0.15) is 38.3 Å². The number of benzene rings is 2. The predicted octanol–water partition coefficient (Wildman–Crippen LogP) is 5.12. The molecule has 1 N–H and O–H groups in total. The summed E-state index contributed by atoms with van der Waals surface area (Å²) in [5.74, 6) is 0.0646. The number of nitrogens with one attached hydrogen (secondary N) is 1. The third-order valence-corrected chi connectivity index (χ3v) is 5.26. The number of halogens is 2. The first-order valence-electron chi connectivity index (χ1n) is 9.86. The van der Waals surface area contributed by atoms with Crippen molar-refractivity contribution in [1.82, 2.24) is 10.2 Å². The van der Waals surface area contributed by atoms with E-state index in [0.717, 1.165) is 11.1 Å². The number of hydrogen-bond donors (Lipinski definition) is 1. The summed E-state index contributed by atoms with van der Waals surface area (Å²) < 4.78 is 0. The molecule has 2 rings (SSSR count). The molecule has 0 heterocycles. The second kappa shape index (κ2) is 11.2. The van der Waals surface area contributed by atoms with Gasteiger partial charge in [-0.3, -0.25) is 9.59 Å². The van der Waals surface area contributed by atoms with Crippen LogP contribution < -0.4 is 5.32 Å². The topological polar surface area (TPSA) is 49.4 Å². The minimum absolute atomic E-state index is 0.126. The average molecular weight is 435 g/mol. The third kappa shape index (κ3) is 7.06. The van der Waals surface area contributed by atoms with Gasteiger partial charge in [0.2, 0.25) is 11.8 Å². The molecule has 2 amide bonds. The van der Waals surface area contributed by atoms with E-state index in [2.05, 4.69) is 5.32 Å². The third-order valence-electron chi connectivity index (χ3n) is 4.64. The lowest BCUT2D eigenvalue weighted by molar-refractivity contribution is -0.141. The summed E-state index contributed by atoms with van der Waals surface area (Å²) in [7, 11) is 0. The van der Waals surface area contributed by atoms with E-state index in [1.165, 1.54) is 0 Å². The normalized spacial score (nSPS) is 11.9. The Morgan fingerprint density at radius 1 is 1.03 bits per heavy atom. The van der Waals surface area contributed by atoms with Gasteiger partial charge in [-0.05, 0) is 41.7 Å². The standard InChI is InChI=1S/C23H28Cl2N2O2/c1-4-21(23(29)26-14-16(2)3)27(15-18-7-5-6-8-20(18)25)22(28)13-17-9-11-19(24)12-10-17/h5-12,16,21H,4,13-15H2,1-3H3,(H,26,29)/t21-/m0/s1. The van der Waals surface area contributed by atoms with Gasteiger partial charge >= 0.3 is 0 Å². The molecule has 0 unspecified atom stereocenters. The molecule has 0 aromatic heterocycles. The van der Waals surface area contributed by atoms with Gasteiger partial charge in [0.15, 0.2) is 0 Å². The summed E-state index contributed by atoms with van der Waals surface area (Å²) in [5, 5.41) is 4.15. The maximum atomic E-state index is 13.2. The van der Waals surface area contributed by atoms with Crippen LogP contribution in [0.2, 0.25) is 10.0 Å². The van der Waals surface area contributed by atoms with Gasteiger partial charge in [-0.25, -0.2) is 0 Å². The van der Waals surface area contributed by atoms with Gasteiger partial charge in [0.05, 0.1) is 6.42 Å². The van der Waals surface area contributed by atoms with E-state index in [1.54, 1.807) is 23.1 Å². The Bertz CT molecular complexity index is 822. The van der Waals surface area contributed by atoms with Crippen LogP contribution in [0.25, 0.3) is 0 Å². The van der Waals surface area contributed by atoms with Crippen molar-refractivity contribution >= 4 is 35.0 Å². The molecule has 0 bridgehead atoms. The Morgan fingerprint density at radius 2 is 1.69 bits per heavy atom. The average Bonchev–Trinajstić information content (AvgIpc) is 2.69. The molecule has 1 atom stereocenters. The SMILES string of the molecule is CC[C@@H](C(=O)NCC(C)C)N(Cc1ccccc1Cl)C(=O)Cc1ccc(Cl)cc1. The molecule has 0 spiro atoms. The second-order valence-corrected chi connectivity index (χ2v) is 8.32. The first kappa shape index (κ1) is 23.2. The number of rotatable bonds is 9. The van der Waals surface area contributed by atoms with E-state index in [1.807, 2.05) is 51.1 Å². The summed E-state index contributed by atoms with van der Waals surface area (Å²) >= 11 is 12.3. The number of carbonyl (C=O) groups excluding carboxylic acids is 2. The fourth-order valence-corrected chi connectivity index (χ4v) is 3.35. The quantitative estimate of drug-likeness (QED) is 0.595. The zero-order valence-corrected chi connectivity index (χ0v) is 18.6. The molecule has 0 aliphatic rings. The molecular formula is C23H28Cl2N2O2. The van der Waals surface area contributed by atoms with Crippen molar-refractivity contribution in [2.24, 2.45) is 5.92 Å². The molecule has 6 heteroatoms. The van der Waals surface area contributed by atoms with Gasteiger partial charge in [0, 0.05) is 23.1 Å². The summed E-state index contributed by atoms with van der Waals surface area (Å²) in [6.07, 6.45) is 0.705. The van der Waals surface area contributed by atoms with E-state index in [4.69, 9.17) is 23.2 Å². The molecule has 2 aromatic rings. The smallest absolute Gasteiger partial charge is 0.242 e. The number of nitrogens with zero attached hydrogens (tertiary/aromatic N) is 1. The molecule has 156 valence electrons. The lowest BCUT2D eigenvalue weighted by atomic mass is 10.1. The Kier molecular flexibility index (Phi) is 8.99. The lowest BCUT2D eigenvalue weighted by Gasteiger charge is -2.31. The highest BCUT2D eigenvalue weighted by Crippen LogP contribution is 2.21. The van der Waals surface area contributed by atoms with Gasteiger partial charge < -0.3 is 10.2 Å². The van der Waals surface area contributed by atoms with E-state index >= 15 is 0 Å². The molecule has 4 nitrogen and oxygen atoms in total. The summed E-state index contributed by atoms with van der Waals surface area (Å²) in [4.78, 5) is 27.7. The van der Waals surface area contributed by atoms with Crippen molar-refractivity contribution in [3.63, 3.8) is 0 Å². The van der Waals surface area contributed by atoms with Crippen molar-refractivity contribution in [2.45, 2.75) is 46.2 Å². The fourth-order valence-electron chi connectivity index (χ4n) is 3.03. The Morgan fingerprint density at radius 3 is 2.28 bits per heavy atom. The first-order chi connectivity index (χ1) is 13.8. The highest BCUT2D eigenvalue weighted by atomic mass is 35.5. The lowest BCUT2D eigenvalue weighted by Crippen LogP contribution is -2.50. The number of amides is 2. The molecule has 0 fully saturated rings. The van der Waals surface area contributed by atoms with Crippen LogP contribution in [0, 0.1) is 5.92 Å². The van der Waals surface area contributed by atoms with Crippen LogP contribution >= 0.6 is 23.2 Å². The van der Waals surface area contributed by atoms with Gasteiger partial charge in [-0.1, -0.05) is 74.3 Å². The van der Waals surface area contributed by atoms with Crippen molar-refractivity contribution in [3.05, 3.63) is 69.7 Å². The molecule has 0 aliphatic heterocycles. The largest absolute Gasteiger partial charge is 0.354 e. The van der Waals surface area contributed by atoms with Gasteiger partial charge in [0.25, 0.3) is 0 Å². The zero-order chi connectivity index (χ0) is 21.4. The van der Waals surface area contributed by atoms with E-state index < -0.39 is 6.04 Å². The van der Waals surface area contributed by atoms with E-state index in [9.17, 15) is 9.59 Å². The van der Waals surface area contributed by atoms with Crippen molar-refractivity contribution < 1.29 is 9.59 Å². The van der Waals surface area contributed by atoms with Crippen molar-refractivity contribution in [3.8, 4) is 0 Å². The van der Waals surface area contributed by atoms with E-state index in [0.29, 0.717) is 28.9 Å². The molecule has 0 saturated carbocycles. The van der Waals surface area contributed by atoms with Crippen LogP contribution in [-0.4, -0.2) is 29.3 Å². The van der Waals surface area contributed by atoms with Crippen LogP contribution in [0.4, 0.5) is 0 Å². The summed E-state index contributed by atoms with van der Waals surface area (Å²) in [5.41, 5.74) is 1.66. The number of hydrogen-bond acceptors (Lipinski definition) is 2. The summed E-state index contributed by atoms with van der Waals surface area (Å²) in [6.45, 7) is 6.83. The maximum Gasteiger partial charge on any atom is 0.242 e. The molecular weight excluding hydrogens is 407 g/mol. The number of carbonyl (C=O) groups is 2. The van der Waals surface area contributed by atoms with Gasteiger partial charge in [-0.2, -0.15) is 0 Å². The fraction of sp³-hybridized carbons (Fsp3) is 0.391. The maximum absolute atomic E-state index is 13.2. The monoisotopic (exact) mass is 434 g/mol. The highest BCUT2D eigenvalue weighted by molar-refractivity contribution is 6.31. The molecule has 29 heavy (non-hydrogen) atoms. The Balaban J connectivity index is 2.27. The Labute approximate surface area is 183 Å². The van der Waals surface area contributed by atoms with E-state index in [-0.39, 0.29) is 24.8 Å². The predicted molar refractivity (Wildman–Crippen MR) is 119 cm³/mol. The molecule has 0 saturated heterocycles. The summed E-state index contributed by atoms with van der Waals surface area (Å²) in [6, 6.07) is 14.0. The van der Waals surface area contributed by atoms with Crippen LogP contribution in [0.15, 0.2) is 48.5 Å².